The minimum atomic E-state index is -0.0147. The van der Waals surface area contributed by atoms with Gasteiger partial charge in [-0.25, -0.2) is 9.97 Å². The highest BCUT2D eigenvalue weighted by Crippen LogP contribution is 2.33. The second-order valence-electron chi connectivity index (χ2n) is 6.55. The maximum absolute atomic E-state index is 12.9. The van der Waals surface area contributed by atoms with Crippen LogP contribution in [0.25, 0.3) is 0 Å². The van der Waals surface area contributed by atoms with Gasteiger partial charge in [0.1, 0.15) is 11.6 Å². The molecule has 3 aromatic rings. The fourth-order valence-electron chi connectivity index (χ4n) is 3.41. The second-order valence-corrected chi connectivity index (χ2v) is 6.55. The van der Waals surface area contributed by atoms with E-state index in [1.165, 1.54) is 6.20 Å². The summed E-state index contributed by atoms with van der Waals surface area (Å²) in [5.74, 6) is 1.46. The van der Waals surface area contributed by atoms with E-state index in [-0.39, 0.29) is 11.9 Å². The Labute approximate surface area is 157 Å². The van der Waals surface area contributed by atoms with Crippen LogP contribution in [0.4, 0.5) is 11.6 Å². The van der Waals surface area contributed by atoms with Crippen LogP contribution < -0.4 is 5.32 Å². The molecule has 27 heavy (non-hydrogen) atoms. The van der Waals surface area contributed by atoms with E-state index in [0.717, 1.165) is 42.3 Å². The molecule has 0 saturated carbocycles. The highest BCUT2D eigenvalue weighted by molar-refractivity contribution is 5.94. The van der Waals surface area contributed by atoms with Crippen molar-refractivity contribution in [3.8, 4) is 0 Å². The monoisotopic (exact) mass is 360 g/mol. The van der Waals surface area contributed by atoms with Crippen LogP contribution in [-0.2, 0) is 0 Å². The lowest BCUT2D eigenvalue weighted by atomic mass is 10.1. The van der Waals surface area contributed by atoms with Gasteiger partial charge in [-0.2, -0.15) is 10.2 Å². The first-order valence-electron chi connectivity index (χ1n) is 8.95. The first-order valence-corrected chi connectivity index (χ1v) is 8.95. The standard InChI is InChI=1S/C20H20N6O/c1-14-4-2-6-18(24-14)25-19-12-15(7-9-21-19)17-5-3-11-26(17)20(27)16-8-10-22-23-13-16/h2,4,6-10,12-13,17H,3,5,11H2,1H3,(H,21,24,25)/t17-/m0/s1. The average molecular weight is 360 g/mol. The number of amides is 1. The number of nitrogens with zero attached hydrogens (tertiary/aromatic N) is 5. The number of aryl methyl sites for hydroxylation is 1. The molecule has 1 amide bonds. The van der Waals surface area contributed by atoms with Gasteiger partial charge in [-0.15, -0.1) is 0 Å². The first-order chi connectivity index (χ1) is 13.2. The molecule has 0 bridgehead atoms. The number of hydrogen-bond donors (Lipinski definition) is 1. The van der Waals surface area contributed by atoms with Crippen LogP contribution in [0.15, 0.2) is 55.0 Å². The SMILES string of the molecule is Cc1cccc(Nc2cc([C@@H]3CCCN3C(=O)c3ccnnc3)ccn2)n1. The van der Waals surface area contributed by atoms with Gasteiger partial charge >= 0.3 is 0 Å². The zero-order valence-corrected chi connectivity index (χ0v) is 15.0. The third-order valence-electron chi connectivity index (χ3n) is 4.66. The summed E-state index contributed by atoms with van der Waals surface area (Å²) in [7, 11) is 0. The van der Waals surface area contributed by atoms with Crippen LogP contribution >= 0.6 is 0 Å². The van der Waals surface area contributed by atoms with E-state index >= 15 is 0 Å². The Balaban J connectivity index is 1.56. The molecule has 1 atom stereocenters. The molecule has 1 N–H and O–H groups in total. The van der Waals surface area contributed by atoms with Crippen molar-refractivity contribution in [1.82, 2.24) is 25.1 Å². The molecule has 0 radical (unpaired) electrons. The predicted molar refractivity (Wildman–Crippen MR) is 102 cm³/mol. The summed E-state index contributed by atoms with van der Waals surface area (Å²) in [5.41, 5.74) is 2.57. The van der Waals surface area contributed by atoms with Crippen LogP contribution in [-0.4, -0.2) is 37.5 Å². The number of nitrogens with one attached hydrogen (secondary N) is 1. The lowest BCUT2D eigenvalue weighted by Gasteiger charge is -2.25. The molecule has 1 aliphatic heterocycles. The van der Waals surface area contributed by atoms with Crippen molar-refractivity contribution in [2.45, 2.75) is 25.8 Å². The molecule has 136 valence electrons. The van der Waals surface area contributed by atoms with Crippen molar-refractivity contribution in [2.24, 2.45) is 0 Å². The molecule has 0 unspecified atom stereocenters. The van der Waals surface area contributed by atoms with Gasteiger partial charge in [0, 0.05) is 18.4 Å². The fraction of sp³-hybridized carbons (Fsp3) is 0.250. The summed E-state index contributed by atoms with van der Waals surface area (Å²) in [6.45, 7) is 2.68. The zero-order chi connectivity index (χ0) is 18.6. The molecule has 0 aliphatic carbocycles. The van der Waals surface area contributed by atoms with Crippen LogP contribution in [0.3, 0.4) is 0 Å². The van der Waals surface area contributed by atoms with Crippen molar-refractivity contribution in [2.75, 3.05) is 11.9 Å². The van der Waals surface area contributed by atoms with Crippen molar-refractivity contribution in [3.63, 3.8) is 0 Å². The molecule has 7 nitrogen and oxygen atoms in total. The lowest BCUT2D eigenvalue weighted by molar-refractivity contribution is 0.0735. The van der Waals surface area contributed by atoms with E-state index in [4.69, 9.17) is 0 Å². The van der Waals surface area contributed by atoms with E-state index in [0.29, 0.717) is 5.56 Å². The molecule has 1 fully saturated rings. The van der Waals surface area contributed by atoms with Crippen molar-refractivity contribution < 1.29 is 4.79 Å². The largest absolute Gasteiger partial charge is 0.332 e. The topological polar surface area (TPSA) is 83.9 Å². The van der Waals surface area contributed by atoms with E-state index in [1.807, 2.05) is 42.2 Å². The van der Waals surface area contributed by atoms with Crippen LogP contribution in [0.1, 0.15) is 40.5 Å². The van der Waals surface area contributed by atoms with Gasteiger partial charge in [0.15, 0.2) is 0 Å². The van der Waals surface area contributed by atoms with Crippen molar-refractivity contribution in [1.29, 1.82) is 0 Å². The summed E-state index contributed by atoms with van der Waals surface area (Å²) in [6, 6.07) is 11.5. The quantitative estimate of drug-likeness (QED) is 0.768. The van der Waals surface area contributed by atoms with Gasteiger partial charge in [-0.3, -0.25) is 4.79 Å². The average Bonchev–Trinajstić information content (AvgIpc) is 3.18. The highest BCUT2D eigenvalue weighted by atomic mass is 16.2. The van der Waals surface area contributed by atoms with Gasteiger partial charge < -0.3 is 10.2 Å². The molecular formula is C20H20N6O. The minimum Gasteiger partial charge on any atom is -0.332 e. The maximum atomic E-state index is 12.9. The fourth-order valence-corrected chi connectivity index (χ4v) is 3.41. The molecule has 0 aromatic carbocycles. The van der Waals surface area contributed by atoms with Crippen LogP contribution in [0.5, 0.6) is 0 Å². The highest BCUT2D eigenvalue weighted by Gasteiger charge is 2.31. The van der Waals surface area contributed by atoms with Crippen molar-refractivity contribution >= 4 is 17.5 Å². The smallest absolute Gasteiger partial charge is 0.256 e. The number of carbonyl (C=O) groups is 1. The number of pyridine rings is 2. The summed E-state index contributed by atoms with van der Waals surface area (Å²) in [4.78, 5) is 23.6. The van der Waals surface area contributed by atoms with Gasteiger partial charge in [0.25, 0.3) is 5.91 Å². The van der Waals surface area contributed by atoms with Crippen molar-refractivity contribution in [3.05, 3.63) is 71.8 Å². The predicted octanol–water partition coefficient (Wildman–Crippen LogP) is 3.30. The molecule has 7 heteroatoms. The molecule has 0 spiro atoms. The maximum Gasteiger partial charge on any atom is 0.256 e. The Morgan fingerprint density at radius 2 is 2.07 bits per heavy atom. The Morgan fingerprint density at radius 3 is 2.89 bits per heavy atom. The number of rotatable bonds is 4. The summed E-state index contributed by atoms with van der Waals surface area (Å²) in [6.07, 6.45) is 6.72. The second kappa shape index (κ2) is 7.49. The third kappa shape index (κ3) is 3.76. The van der Waals surface area contributed by atoms with Gasteiger partial charge in [0.2, 0.25) is 0 Å². The van der Waals surface area contributed by atoms with E-state index in [2.05, 4.69) is 25.5 Å². The van der Waals surface area contributed by atoms with Gasteiger partial charge in [0.05, 0.1) is 24.0 Å². The molecule has 3 aromatic heterocycles. The van der Waals surface area contributed by atoms with Crippen LogP contribution in [0.2, 0.25) is 0 Å². The normalized spacial score (nSPS) is 16.3. The number of hydrogen-bond acceptors (Lipinski definition) is 6. The minimum absolute atomic E-state index is 0.0147. The summed E-state index contributed by atoms with van der Waals surface area (Å²) < 4.78 is 0. The Morgan fingerprint density at radius 1 is 1.15 bits per heavy atom. The first kappa shape index (κ1) is 17.1. The van der Waals surface area contributed by atoms with E-state index in [1.54, 1.807) is 18.5 Å². The molecule has 4 rings (SSSR count). The number of aromatic nitrogens is 4. The molecular weight excluding hydrogens is 340 g/mol. The Bertz CT molecular complexity index is 946. The molecule has 1 saturated heterocycles. The summed E-state index contributed by atoms with van der Waals surface area (Å²) >= 11 is 0. The Kier molecular flexibility index (Phi) is 4.74. The molecule has 4 heterocycles. The number of likely N-dealkylation sites (tertiary alicyclic amines) is 1. The summed E-state index contributed by atoms with van der Waals surface area (Å²) in [5, 5.41) is 10.8. The van der Waals surface area contributed by atoms with E-state index < -0.39 is 0 Å². The van der Waals surface area contributed by atoms with Crippen LogP contribution in [0, 0.1) is 6.92 Å². The zero-order valence-electron chi connectivity index (χ0n) is 15.0. The Hall–Kier alpha value is -3.35. The number of carbonyl (C=O) groups excluding carboxylic acids is 1. The van der Waals surface area contributed by atoms with Gasteiger partial charge in [-0.05, 0) is 55.7 Å². The molecule has 1 aliphatic rings. The van der Waals surface area contributed by atoms with E-state index in [9.17, 15) is 4.79 Å². The third-order valence-corrected chi connectivity index (χ3v) is 4.66. The lowest BCUT2D eigenvalue weighted by Crippen LogP contribution is -2.30. The number of anilines is 2. The van der Waals surface area contributed by atoms with Gasteiger partial charge in [-0.1, -0.05) is 6.07 Å².